The second-order valence-corrected chi connectivity index (χ2v) is 12.7. The van der Waals surface area contributed by atoms with Crippen LogP contribution in [0.5, 0.6) is 0 Å². The molecule has 0 aromatic heterocycles. The first-order valence-corrected chi connectivity index (χ1v) is 15.7. The maximum Gasteiger partial charge on any atom is 0.321 e. The first-order chi connectivity index (χ1) is 20.6. The molecule has 0 saturated carbocycles. The van der Waals surface area contributed by atoms with Gasteiger partial charge in [-0.3, -0.25) is 19.2 Å². The lowest BCUT2D eigenvalue weighted by Gasteiger charge is -2.31. The van der Waals surface area contributed by atoms with Crippen molar-refractivity contribution in [3.8, 4) is 0 Å². The molecule has 1 aliphatic heterocycles. The Morgan fingerprint density at radius 2 is 1.39 bits per heavy atom. The van der Waals surface area contributed by atoms with Gasteiger partial charge in [0.05, 0.1) is 13.2 Å². The first kappa shape index (κ1) is 36.9. The summed E-state index contributed by atoms with van der Waals surface area (Å²) in [6, 6.07) is 7.95. The molecule has 44 heavy (non-hydrogen) atoms. The molecule has 242 valence electrons. The topological polar surface area (TPSA) is 107 Å². The van der Waals surface area contributed by atoms with Crippen molar-refractivity contribution in [2.24, 2.45) is 11.8 Å². The number of aliphatic hydroxyl groups excluding tert-OH is 1. The van der Waals surface area contributed by atoms with Crippen LogP contribution in [0.15, 0.2) is 24.3 Å². The molecule has 1 N–H and O–H groups in total. The number of hydrogen-bond acceptors (Lipinski definition) is 7. The van der Waals surface area contributed by atoms with Gasteiger partial charge >= 0.3 is 11.9 Å². The minimum absolute atomic E-state index is 0.00777. The van der Waals surface area contributed by atoms with Crippen molar-refractivity contribution < 1.29 is 33.8 Å². The number of aryl methyl sites for hydroxylation is 6. The standard InChI is InChI=1S/C19H28O4.C18H24O3/c1-7-12(3)15(20)10-16(21)18(19(22)23-6)17-13(4)8-11(2)9-14(17)5;1-6-11(3)15-9-14(19)17(18(20)21-15)16-12(4)7-10(2)8-13(16)5/h8-9,12,15,18,20H,7,10H2,1-6H3;7-8,11,15,17H,6,9H2,1-5H3. The fraction of sp³-hybridized carbons (Fsp3) is 0.568. The normalized spacial score (nSPS) is 19.2. The summed E-state index contributed by atoms with van der Waals surface area (Å²) in [4.78, 5) is 49.8. The molecule has 7 nitrogen and oxygen atoms in total. The number of benzene rings is 2. The van der Waals surface area contributed by atoms with Crippen molar-refractivity contribution in [3.63, 3.8) is 0 Å². The lowest BCUT2D eigenvalue weighted by Crippen LogP contribution is -2.40. The van der Waals surface area contributed by atoms with Crippen molar-refractivity contribution >= 4 is 23.5 Å². The van der Waals surface area contributed by atoms with E-state index in [-0.39, 0.29) is 41.9 Å². The summed E-state index contributed by atoms with van der Waals surface area (Å²) in [5, 5.41) is 10.1. The van der Waals surface area contributed by atoms with E-state index in [0.29, 0.717) is 12.0 Å². The molecule has 0 bridgehead atoms. The van der Waals surface area contributed by atoms with Crippen LogP contribution in [-0.4, -0.2) is 47.9 Å². The number of ketones is 2. The van der Waals surface area contributed by atoms with Gasteiger partial charge in [-0.2, -0.15) is 0 Å². The third-order valence-electron chi connectivity index (χ3n) is 9.03. The van der Waals surface area contributed by atoms with E-state index < -0.39 is 23.9 Å². The zero-order valence-electron chi connectivity index (χ0n) is 28.5. The van der Waals surface area contributed by atoms with Gasteiger partial charge in [0.25, 0.3) is 0 Å². The minimum atomic E-state index is -0.973. The number of ether oxygens (including phenoxy) is 2. The molecular weight excluding hydrogens is 556 g/mol. The van der Waals surface area contributed by atoms with Crippen LogP contribution in [0.25, 0.3) is 0 Å². The summed E-state index contributed by atoms with van der Waals surface area (Å²) in [6.07, 6.45) is 0.959. The molecule has 0 spiro atoms. The molecular formula is C37H52O7. The lowest BCUT2D eigenvalue weighted by molar-refractivity contribution is -0.163. The van der Waals surface area contributed by atoms with Crippen molar-refractivity contribution in [1.29, 1.82) is 0 Å². The van der Waals surface area contributed by atoms with E-state index in [2.05, 4.69) is 0 Å². The zero-order valence-corrected chi connectivity index (χ0v) is 28.5. The summed E-state index contributed by atoms with van der Waals surface area (Å²) in [6.45, 7) is 19.6. The van der Waals surface area contributed by atoms with Crippen LogP contribution in [0.3, 0.4) is 0 Å². The fourth-order valence-corrected chi connectivity index (χ4v) is 6.18. The van der Waals surface area contributed by atoms with E-state index in [1.54, 1.807) is 0 Å². The van der Waals surface area contributed by atoms with Crippen LogP contribution in [0.4, 0.5) is 0 Å². The van der Waals surface area contributed by atoms with Gasteiger partial charge in [-0.1, -0.05) is 75.9 Å². The summed E-state index contributed by atoms with van der Waals surface area (Å²) >= 11 is 0. The number of methoxy groups -OCH3 is 1. The van der Waals surface area contributed by atoms with Gasteiger partial charge in [-0.15, -0.1) is 0 Å². The van der Waals surface area contributed by atoms with Crippen molar-refractivity contribution in [2.45, 2.75) is 119 Å². The Morgan fingerprint density at radius 1 is 0.886 bits per heavy atom. The van der Waals surface area contributed by atoms with Gasteiger partial charge in [0.2, 0.25) is 0 Å². The van der Waals surface area contributed by atoms with Crippen molar-refractivity contribution in [3.05, 3.63) is 68.8 Å². The van der Waals surface area contributed by atoms with Crippen LogP contribution in [0, 0.1) is 53.4 Å². The van der Waals surface area contributed by atoms with E-state index in [0.717, 1.165) is 51.8 Å². The Labute approximate surface area is 263 Å². The molecule has 0 radical (unpaired) electrons. The molecule has 2 aromatic carbocycles. The molecule has 1 heterocycles. The largest absolute Gasteiger partial charge is 0.468 e. The first-order valence-electron chi connectivity index (χ1n) is 15.7. The quantitative estimate of drug-likeness (QED) is 0.232. The van der Waals surface area contributed by atoms with Gasteiger partial charge < -0.3 is 14.6 Å². The molecule has 7 heteroatoms. The highest BCUT2D eigenvalue weighted by Crippen LogP contribution is 2.34. The number of carbonyl (C=O) groups is 4. The third-order valence-corrected chi connectivity index (χ3v) is 9.03. The average Bonchev–Trinajstić information content (AvgIpc) is 2.94. The van der Waals surface area contributed by atoms with Crippen LogP contribution in [0.1, 0.15) is 110 Å². The van der Waals surface area contributed by atoms with E-state index in [1.807, 2.05) is 93.5 Å². The Morgan fingerprint density at radius 3 is 1.82 bits per heavy atom. The van der Waals surface area contributed by atoms with Gasteiger partial charge in [0.1, 0.15) is 17.9 Å². The molecule has 3 rings (SSSR count). The van der Waals surface area contributed by atoms with Gasteiger partial charge in [0.15, 0.2) is 11.6 Å². The molecule has 0 aliphatic carbocycles. The maximum atomic E-state index is 12.7. The molecule has 1 fully saturated rings. The Bertz CT molecular complexity index is 1290. The maximum absolute atomic E-state index is 12.7. The molecule has 0 amide bonds. The van der Waals surface area contributed by atoms with Gasteiger partial charge in [-0.25, -0.2) is 0 Å². The van der Waals surface area contributed by atoms with Gasteiger partial charge in [-0.05, 0) is 86.8 Å². The number of hydrogen-bond donors (Lipinski definition) is 1. The molecule has 1 aliphatic rings. The molecule has 6 atom stereocenters. The number of aliphatic hydroxyl groups is 1. The number of rotatable bonds is 10. The highest BCUT2D eigenvalue weighted by Gasteiger charge is 2.41. The Hall–Kier alpha value is -3.32. The number of esters is 2. The van der Waals surface area contributed by atoms with E-state index in [1.165, 1.54) is 7.11 Å². The predicted octanol–water partition coefficient (Wildman–Crippen LogP) is 6.86. The highest BCUT2D eigenvalue weighted by atomic mass is 16.5. The SMILES string of the molecule is CCC(C)C(O)CC(=O)C(C(=O)OC)c1c(C)cc(C)cc1C.CCC(C)C1CC(=O)C(c2c(C)cc(C)cc2C)C(=O)O1. The summed E-state index contributed by atoms with van der Waals surface area (Å²) in [5.41, 5.74) is 7.52. The monoisotopic (exact) mass is 608 g/mol. The van der Waals surface area contributed by atoms with Crippen LogP contribution < -0.4 is 0 Å². The molecule has 2 aromatic rings. The highest BCUT2D eigenvalue weighted by molar-refractivity contribution is 6.07. The third kappa shape index (κ3) is 8.87. The minimum Gasteiger partial charge on any atom is -0.468 e. The summed E-state index contributed by atoms with van der Waals surface area (Å²) in [5.74, 6) is -2.74. The Kier molecular flexibility index (Phi) is 13.5. The molecule has 1 saturated heterocycles. The van der Waals surface area contributed by atoms with E-state index >= 15 is 0 Å². The van der Waals surface area contributed by atoms with Crippen LogP contribution >= 0.6 is 0 Å². The van der Waals surface area contributed by atoms with Crippen molar-refractivity contribution in [1.82, 2.24) is 0 Å². The van der Waals surface area contributed by atoms with Crippen molar-refractivity contribution in [2.75, 3.05) is 7.11 Å². The van der Waals surface area contributed by atoms with Gasteiger partial charge in [0, 0.05) is 12.8 Å². The smallest absolute Gasteiger partial charge is 0.321 e. The van der Waals surface area contributed by atoms with E-state index in [4.69, 9.17) is 9.47 Å². The predicted molar refractivity (Wildman–Crippen MR) is 173 cm³/mol. The summed E-state index contributed by atoms with van der Waals surface area (Å²) < 4.78 is 10.4. The fourth-order valence-electron chi connectivity index (χ4n) is 6.18. The lowest BCUT2D eigenvalue weighted by atomic mass is 9.82. The second-order valence-electron chi connectivity index (χ2n) is 12.7. The van der Waals surface area contributed by atoms with E-state index in [9.17, 15) is 24.3 Å². The van der Waals surface area contributed by atoms with Crippen LogP contribution in [0.2, 0.25) is 0 Å². The second kappa shape index (κ2) is 16.1. The number of cyclic esters (lactones) is 1. The zero-order chi connectivity index (χ0) is 33.5. The number of Topliss-reactive ketones (excluding diaryl/α,β-unsaturated/α-hetero) is 2. The van der Waals surface area contributed by atoms with Crippen LogP contribution in [-0.2, 0) is 28.7 Å². The molecule has 6 unspecified atom stereocenters. The number of carbonyl (C=O) groups excluding carboxylic acids is 4. The average molecular weight is 609 g/mol. The Balaban J connectivity index is 0.000000308. The summed E-state index contributed by atoms with van der Waals surface area (Å²) in [7, 11) is 1.28.